The number of piperidine rings is 1. The quantitative estimate of drug-likeness (QED) is 0.855. The van der Waals surface area contributed by atoms with Gasteiger partial charge in [0.1, 0.15) is 0 Å². The lowest BCUT2D eigenvalue weighted by atomic mass is 9.99. The lowest BCUT2D eigenvalue weighted by Crippen LogP contribution is -2.43. The molecule has 22 heavy (non-hydrogen) atoms. The average molecular weight is 320 g/mol. The molecule has 0 amide bonds. The number of imidazole rings is 1. The van der Waals surface area contributed by atoms with Gasteiger partial charge in [-0.15, -0.1) is 0 Å². The van der Waals surface area contributed by atoms with E-state index in [1.54, 1.807) is 0 Å². The molecule has 2 atom stereocenters. The van der Waals surface area contributed by atoms with Crippen LogP contribution in [0.2, 0.25) is 5.02 Å². The predicted octanol–water partition coefficient (Wildman–Crippen LogP) is 3.06. The summed E-state index contributed by atoms with van der Waals surface area (Å²) in [5, 5.41) is 14.2. The molecular weight excluding hydrogens is 298 g/mol. The number of nitrogens with zero attached hydrogens (tertiary/aromatic N) is 2. The number of aryl methyl sites for hydroxylation is 1. The maximum absolute atomic E-state index is 10.0. The van der Waals surface area contributed by atoms with Crippen LogP contribution in [-0.4, -0.2) is 33.3 Å². The first-order valence-corrected chi connectivity index (χ1v) is 8.12. The van der Waals surface area contributed by atoms with E-state index in [2.05, 4.69) is 27.9 Å². The normalized spacial score (nSPS) is 23.2. The second kappa shape index (κ2) is 6.41. The van der Waals surface area contributed by atoms with Crippen molar-refractivity contribution in [2.75, 3.05) is 6.54 Å². The molecule has 1 fully saturated rings. The monoisotopic (exact) mass is 319 g/mol. The third-order valence-corrected chi connectivity index (χ3v) is 4.66. The van der Waals surface area contributed by atoms with Gasteiger partial charge in [0.2, 0.25) is 0 Å². The van der Waals surface area contributed by atoms with E-state index < -0.39 is 0 Å². The van der Waals surface area contributed by atoms with Crippen molar-refractivity contribution in [3.8, 4) is 0 Å². The van der Waals surface area contributed by atoms with Crippen molar-refractivity contribution in [1.82, 2.24) is 14.9 Å². The van der Waals surface area contributed by atoms with E-state index in [9.17, 15) is 5.11 Å². The standard InChI is InChI=1S/C17H22ClN3O/c1-11(6-15-17(22)4-3-5-19-15)9-21-10-20-14-7-12(2)13(18)8-16(14)21/h6-8,10,15,17,19,22H,3-5,9H2,1-2H3/b11-6+/t15-,17+/m1/s1. The fraction of sp³-hybridized carbons (Fsp3) is 0.471. The van der Waals surface area contributed by atoms with Gasteiger partial charge in [0.05, 0.1) is 29.5 Å². The highest BCUT2D eigenvalue weighted by Gasteiger charge is 2.20. The second-order valence-electron chi connectivity index (χ2n) is 6.17. The summed E-state index contributed by atoms with van der Waals surface area (Å²) in [6, 6.07) is 4.04. The maximum atomic E-state index is 10.0. The summed E-state index contributed by atoms with van der Waals surface area (Å²) >= 11 is 6.23. The minimum atomic E-state index is -0.291. The Morgan fingerprint density at radius 1 is 1.55 bits per heavy atom. The molecule has 0 aliphatic carbocycles. The van der Waals surface area contributed by atoms with Gasteiger partial charge in [-0.1, -0.05) is 23.3 Å². The van der Waals surface area contributed by atoms with Crippen LogP contribution in [0.3, 0.4) is 0 Å². The fourth-order valence-electron chi connectivity index (χ4n) is 3.00. The molecule has 0 spiro atoms. The van der Waals surface area contributed by atoms with Gasteiger partial charge in [-0.2, -0.15) is 0 Å². The first-order valence-electron chi connectivity index (χ1n) is 7.74. The van der Waals surface area contributed by atoms with Gasteiger partial charge in [-0.25, -0.2) is 4.98 Å². The van der Waals surface area contributed by atoms with Crippen molar-refractivity contribution >= 4 is 22.6 Å². The maximum Gasteiger partial charge on any atom is 0.0961 e. The summed E-state index contributed by atoms with van der Waals surface area (Å²) in [5.74, 6) is 0. The van der Waals surface area contributed by atoms with Crippen LogP contribution in [0.4, 0.5) is 0 Å². The Morgan fingerprint density at radius 2 is 2.36 bits per heavy atom. The summed E-state index contributed by atoms with van der Waals surface area (Å²) in [6.07, 6.45) is 5.59. The lowest BCUT2D eigenvalue weighted by molar-refractivity contribution is 0.115. The van der Waals surface area contributed by atoms with Crippen molar-refractivity contribution in [1.29, 1.82) is 0 Å². The number of rotatable bonds is 3. The Bertz CT molecular complexity index is 707. The molecule has 2 heterocycles. The van der Waals surface area contributed by atoms with Gasteiger partial charge in [0.25, 0.3) is 0 Å². The van der Waals surface area contributed by atoms with Crippen LogP contribution in [-0.2, 0) is 6.54 Å². The average Bonchev–Trinajstić information content (AvgIpc) is 2.84. The van der Waals surface area contributed by atoms with E-state index in [-0.39, 0.29) is 12.1 Å². The highest BCUT2D eigenvalue weighted by Crippen LogP contribution is 2.23. The minimum absolute atomic E-state index is 0.0503. The zero-order valence-electron chi connectivity index (χ0n) is 13.0. The predicted molar refractivity (Wildman–Crippen MR) is 90.3 cm³/mol. The zero-order chi connectivity index (χ0) is 15.7. The molecule has 1 aromatic heterocycles. The molecule has 0 bridgehead atoms. The molecule has 1 saturated heterocycles. The SMILES string of the molecule is C/C(=C\[C@H]1NCCC[C@@H]1O)Cn1cnc2cc(C)c(Cl)cc21. The van der Waals surface area contributed by atoms with Crippen LogP contribution in [0.5, 0.6) is 0 Å². The number of hydrogen-bond donors (Lipinski definition) is 2. The summed E-state index contributed by atoms with van der Waals surface area (Å²) in [4.78, 5) is 4.45. The number of halogens is 1. The number of aromatic nitrogens is 2. The van der Waals surface area contributed by atoms with E-state index >= 15 is 0 Å². The molecule has 118 valence electrons. The minimum Gasteiger partial charge on any atom is -0.391 e. The molecule has 0 radical (unpaired) electrons. The van der Waals surface area contributed by atoms with Gasteiger partial charge in [-0.3, -0.25) is 0 Å². The number of nitrogens with one attached hydrogen (secondary N) is 1. The third kappa shape index (κ3) is 3.19. The van der Waals surface area contributed by atoms with E-state index in [4.69, 9.17) is 11.6 Å². The summed E-state index contributed by atoms with van der Waals surface area (Å²) < 4.78 is 2.10. The van der Waals surface area contributed by atoms with Gasteiger partial charge >= 0.3 is 0 Å². The van der Waals surface area contributed by atoms with Crippen LogP contribution < -0.4 is 5.32 Å². The van der Waals surface area contributed by atoms with Crippen molar-refractivity contribution in [2.24, 2.45) is 0 Å². The van der Waals surface area contributed by atoms with Crippen molar-refractivity contribution in [3.63, 3.8) is 0 Å². The zero-order valence-corrected chi connectivity index (χ0v) is 13.8. The number of benzene rings is 1. The van der Waals surface area contributed by atoms with E-state index in [0.29, 0.717) is 0 Å². The molecule has 5 heteroatoms. The van der Waals surface area contributed by atoms with Crippen LogP contribution in [0.1, 0.15) is 25.3 Å². The number of aliphatic hydroxyl groups excluding tert-OH is 1. The van der Waals surface area contributed by atoms with Crippen LogP contribution in [0.25, 0.3) is 11.0 Å². The van der Waals surface area contributed by atoms with Gasteiger partial charge in [0, 0.05) is 11.6 Å². The molecule has 4 nitrogen and oxygen atoms in total. The highest BCUT2D eigenvalue weighted by molar-refractivity contribution is 6.32. The Morgan fingerprint density at radius 3 is 3.14 bits per heavy atom. The number of fused-ring (bicyclic) bond motifs is 1. The number of hydrogen-bond acceptors (Lipinski definition) is 3. The Kier molecular flexibility index (Phi) is 4.52. The van der Waals surface area contributed by atoms with Gasteiger partial charge < -0.3 is 15.0 Å². The fourth-order valence-corrected chi connectivity index (χ4v) is 3.16. The van der Waals surface area contributed by atoms with Crippen LogP contribution >= 0.6 is 11.6 Å². The summed E-state index contributed by atoms with van der Waals surface area (Å²) in [5.41, 5.74) is 4.25. The summed E-state index contributed by atoms with van der Waals surface area (Å²) in [7, 11) is 0. The molecule has 1 aliphatic rings. The molecular formula is C17H22ClN3O. The van der Waals surface area contributed by atoms with E-state index in [0.717, 1.165) is 47.6 Å². The smallest absolute Gasteiger partial charge is 0.0961 e. The van der Waals surface area contributed by atoms with Crippen molar-refractivity contribution in [2.45, 2.75) is 45.4 Å². The number of aliphatic hydroxyl groups is 1. The molecule has 3 rings (SSSR count). The van der Waals surface area contributed by atoms with Gasteiger partial charge in [-0.05, 0) is 50.9 Å². The lowest BCUT2D eigenvalue weighted by Gasteiger charge is -2.27. The van der Waals surface area contributed by atoms with Gasteiger partial charge in [0.15, 0.2) is 0 Å². The van der Waals surface area contributed by atoms with Crippen molar-refractivity contribution < 1.29 is 5.11 Å². The molecule has 2 aromatic rings. The topological polar surface area (TPSA) is 50.1 Å². The molecule has 1 aromatic carbocycles. The largest absolute Gasteiger partial charge is 0.391 e. The first kappa shape index (κ1) is 15.5. The van der Waals surface area contributed by atoms with Crippen LogP contribution in [0.15, 0.2) is 30.1 Å². The summed E-state index contributed by atoms with van der Waals surface area (Å²) in [6.45, 7) is 5.79. The molecule has 1 aliphatic heterocycles. The molecule has 0 saturated carbocycles. The van der Waals surface area contributed by atoms with E-state index in [1.807, 2.05) is 25.4 Å². The molecule has 0 unspecified atom stereocenters. The number of allylic oxidation sites excluding steroid dienone is 1. The Balaban J connectivity index is 1.81. The molecule has 2 N–H and O–H groups in total. The highest BCUT2D eigenvalue weighted by atomic mass is 35.5. The van der Waals surface area contributed by atoms with Crippen LogP contribution in [0, 0.1) is 6.92 Å². The van der Waals surface area contributed by atoms with E-state index in [1.165, 1.54) is 5.57 Å². The third-order valence-electron chi connectivity index (χ3n) is 4.26. The second-order valence-corrected chi connectivity index (χ2v) is 6.57. The Hall–Kier alpha value is -1.36. The van der Waals surface area contributed by atoms with Crippen molar-refractivity contribution in [3.05, 3.63) is 40.7 Å². The first-order chi connectivity index (χ1) is 10.5. The Labute approximate surface area is 135 Å².